The van der Waals surface area contributed by atoms with Gasteiger partial charge >= 0.3 is 6.03 Å². The topological polar surface area (TPSA) is 83.1 Å². The van der Waals surface area contributed by atoms with Crippen molar-refractivity contribution in [2.24, 2.45) is 0 Å². The average molecular weight is 338 g/mol. The molecule has 128 valence electrons. The fraction of sp³-hybridized carbons (Fsp3) is 0.688. The lowest BCUT2D eigenvalue weighted by atomic mass is 9.81. The molecule has 1 heterocycles. The van der Waals surface area contributed by atoms with Crippen molar-refractivity contribution in [1.29, 1.82) is 0 Å². The Balaban J connectivity index is 2.04. The Morgan fingerprint density at radius 1 is 1.22 bits per heavy atom. The van der Waals surface area contributed by atoms with Gasteiger partial charge in [0.05, 0.1) is 16.7 Å². The second-order valence-corrected chi connectivity index (χ2v) is 7.62. The van der Waals surface area contributed by atoms with Crippen LogP contribution in [-0.2, 0) is 4.79 Å². The molecule has 0 aliphatic heterocycles. The van der Waals surface area contributed by atoms with Crippen LogP contribution in [0.2, 0.25) is 0 Å². The number of hydrogen-bond acceptors (Lipinski definition) is 4. The fourth-order valence-corrected chi connectivity index (χ4v) is 4.18. The zero-order valence-electron chi connectivity index (χ0n) is 14.3. The van der Waals surface area contributed by atoms with E-state index in [0.29, 0.717) is 12.8 Å². The first-order valence-electron chi connectivity index (χ1n) is 8.13. The molecule has 1 aromatic rings. The van der Waals surface area contributed by atoms with E-state index in [1.807, 2.05) is 20.8 Å². The Morgan fingerprint density at radius 3 is 2.39 bits per heavy atom. The maximum atomic E-state index is 12.4. The third-order valence-corrected chi connectivity index (χ3v) is 5.32. The van der Waals surface area contributed by atoms with Crippen LogP contribution in [0.3, 0.4) is 0 Å². The van der Waals surface area contributed by atoms with E-state index in [1.54, 1.807) is 18.4 Å². The van der Waals surface area contributed by atoms with Crippen molar-refractivity contribution >= 4 is 23.3 Å². The number of aryl methyl sites for hydroxylation is 2. The minimum absolute atomic E-state index is 0.110. The van der Waals surface area contributed by atoms with E-state index in [2.05, 4.69) is 20.9 Å². The van der Waals surface area contributed by atoms with Gasteiger partial charge in [0.1, 0.15) is 5.54 Å². The summed E-state index contributed by atoms with van der Waals surface area (Å²) in [6.45, 7) is 5.87. The van der Waals surface area contributed by atoms with Gasteiger partial charge in [0.2, 0.25) is 5.91 Å². The van der Waals surface area contributed by atoms with Gasteiger partial charge in [0.25, 0.3) is 0 Å². The van der Waals surface area contributed by atoms with Crippen LogP contribution in [0, 0.1) is 13.8 Å². The van der Waals surface area contributed by atoms with Crippen LogP contribution < -0.4 is 16.0 Å². The van der Waals surface area contributed by atoms with E-state index in [9.17, 15) is 9.59 Å². The minimum Gasteiger partial charge on any atom is -0.357 e. The van der Waals surface area contributed by atoms with Crippen LogP contribution in [0.25, 0.3) is 0 Å². The van der Waals surface area contributed by atoms with Gasteiger partial charge in [-0.15, -0.1) is 11.3 Å². The maximum absolute atomic E-state index is 12.4. The summed E-state index contributed by atoms with van der Waals surface area (Å²) in [5.74, 6) is -0.110. The highest BCUT2D eigenvalue weighted by molar-refractivity contribution is 7.11. The van der Waals surface area contributed by atoms with Gasteiger partial charge in [-0.25, -0.2) is 9.78 Å². The summed E-state index contributed by atoms with van der Waals surface area (Å²) >= 11 is 1.62. The van der Waals surface area contributed by atoms with Crippen LogP contribution in [0.15, 0.2) is 0 Å². The van der Waals surface area contributed by atoms with Gasteiger partial charge < -0.3 is 16.0 Å². The van der Waals surface area contributed by atoms with E-state index in [4.69, 9.17) is 0 Å². The molecule has 0 radical (unpaired) electrons. The smallest absolute Gasteiger partial charge is 0.316 e. The van der Waals surface area contributed by atoms with Crippen LogP contribution in [-0.4, -0.2) is 29.5 Å². The number of carbonyl (C=O) groups is 2. The second-order valence-electron chi connectivity index (χ2n) is 6.22. The van der Waals surface area contributed by atoms with Crippen molar-refractivity contribution in [3.05, 3.63) is 15.6 Å². The van der Waals surface area contributed by atoms with E-state index in [-0.39, 0.29) is 18.0 Å². The molecule has 1 fully saturated rings. The molecular weight excluding hydrogens is 312 g/mol. The Labute approximate surface area is 141 Å². The zero-order chi connectivity index (χ0) is 17.0. The number of carbonyl (C=O) groups excluding carboxylic acids is 2. The number of hydrogen-bond donors (Lipinski definition) is 3. The summed E-state index contributed by atoms with van der Waals surface area (Å²) in [6.07, 6.45) is 4.38. The van der Waals surface area contributed by atoms with Crippen molar-refractivity contribution in [2.45, 2.75) is 64.5 Å². The van der Waals surface area contributed by atoms with Gasteiger partial charge in [-0.1, -0.05) is 19.3 Å². The molecule has 1 aliphatic carbocycles. The van der Waals surface area contributed by atoms with Crippen LogP contribution in [0.4, 0.5) is 4.79 Å². The van der Waals surface area contributed by atoms with Gasteiger partial charge in [-0.2, -0.15) is 0 Å². The predicted molar refractivity (Wildman–Crippen MR) is 91.6 cm³/mol. The standard InChI is InChI=1S/C16H26N4O2S/c1-10(13-11(2)23-12(3)19-13)18-15(22)20-16(14(21)17-4)8-6-5-7-9-16/h10H,5-9H2,1-4H3,(H,17,21)(H2,18,20,22)/t10-/m1/s1. The number of nitrogens with one attached hydrogen (secondary N) is 3. The summed E-state index contributed by atoms with van der Waals surface area (Å²) in [7, 11) is 1.61. The van der Waals surface area contributed by atoms with E-state index >= 15 is 0 Å². The van der Waals surface area contributed by atoms with Crippen LogP contribution in [0.1, 0.15) is 60.6 Å². The molecule has 3 amide bonds. The van der Waals surface area contributed by atoms with Gasteiger partial charge in [0.15, 0.2) is 0 Å². The van der Waals surface area contributed by atoms with Gasteiger partial charge in [-0.3, -0.25) is 4.79 Å². The quantitative estimate of drug-likeness (QED) is 0.789. The molecule has 23 heavy (non-hydrogen) atoms. The zero-order valence-corrected chi connectivity index (χ0v) is 15.1. The van der Waals surface area contributed by atoms with Crippen molar-refractivity contribution in [3.63, 3.8) is 0 Å². The molecule has 6 nitrogen and oxygen atoms in total. The van der Waals surface area contributed by atoms with Crippen LogP contribution >= 0.6 is 11.3 Å². The number of aromatic nitrogens is 1. The van der Waals surface area contributed by atoms with Crippen molar-refractivity contribution < 1.29 is 9.59 Å². The lowest BCUT2D eigenvalue weighted by Crippen LogP contribution is -2.61. The largest absolute Gasteiger partial charge is 0.357 e. The van der Waals surface area contributed by atoms with E-state index in [1.165, 1.54) is 0 Å². The lowest BCUT2D eigenvalue weighted by Gasteiger charge is -2.36. The Hall–Kier alpha value is -1.63. The Kier molecular flexibility index (Phi) is 5.62. The molecule has 3 N–H and O–H groups in total. The number of rotatable bonds is 4. The molecule has 1 saturated carbocycles. The maximum Gasteiger partial charge on any atom is 0.316 e. The fourth-order valence-electron chi connectivity index (χ4n) is 3.27. The molecule has 1 atom stereocenters. The molecule has 0 aromatic carbocycles. The average Bonchev–Trinajstić information content (AvgIpc) is 2.85. The number of thiazole rings is 1. The van der Waals surface area contributed by atoms with Crippen molar-refractivity contribution in [2.75, 3.05) is 7.05 Å². The SMILES string of the molecule is CNC(=O)C1(NC(=O)N[C@H](C)c2nc(C)sc2C)CCCCC1. The summed E-state index contributed by atoms with van der Waals surface area (Å²) < 4.78 is 0. The molecule has 7 heteroatoms. The molecule has 0 spiro atoms. The summed E-state index contributed by atoms with van der Waals surface area (Å²) in [5, 5.41) is 9.51. The summed E-state index contributed by atoms with van der Waals surface area (Å²) in [6, 6.07) is -0.502. The predicted octanol–water partition coefficient (Wildman–Crippen LogP) is 2.57. The molecule has 1 aromatic heterocycles. The Bertz CT molecular complexity index is 579. The highest BCUT2D eigenvalue weighted by atomic mass is 32.1. The molecule has 0 saturated heterocycles. The third-order valence-electron chi connectivity index (χ3n) is 4.42. The van der Waals surface area contributed by atoms with Crippen LogP contribution in [0.5, 0.6) is 0 Å². The first-order chi connectivity index (χ1) is 10.9. The lowest BCUT2D eigenvalue weighted by molar-refractivity contribution is -0.128. The van der Waals surface area contributed by atoms with E-state index < -0.39 is 5.54 Å². The van der Waals surface area contributed by atoms with Crippen molar-refractivity contribution in [3.8, 4) is 0 Å². The summed E-state index contributed by atoms with van der Waals surface area (Å²) in [4.78, 5) is 30.3. The molecule has 2 rings (SSSR count). The monoisotopic (exact) mass is 338 g/mol. The highest BCUT2D eigenvalue weighted by Crippen LogP contribution is 2.29. The molecule has 1 aliphatic rings. The van der Waals surface area contributed by atoms with Gasteiger partial charge in [0, 0.05) is 11.9 Å². The second kappa shape index (κ2) is 7.29. The normalized spacial score (nSPS) is 18.1. The molecule has 0 bridgehead atoms. The summed E-state index contributed by atoms with van der Waals surface area (Å²) in [5.41, 5.74) is 0.101. The molecular formula is C16H26N4O2S. The van der Waals surface area contributed by atoms with Crippen molar-refractivity contribution in [1.82, 2.24) is 20.9 Å². The minimum atomic E-state index is -0.788. The van der Waals surface area contributed by atoms with Gasteiger partial charge in [-0.05, 0) is 33.6 Å². The number of amides is 3. The third kappa shape index (κ3) is 4.02. The number of nitrogens with zero attached hydrogens (tertiary/aromatic N) is 1. The molecule has 0 unspecified atom stereocenters. The first kappa shape index (κ1) is 17.7. The number of likely N-dealkylation sites (N-methyl/N-ethyl adjacent to an activating group) is 1. The van der Waals surface area contributed by atoms with E-state index in [0.717, 1.165) is 34.8 Å². The highest BCUT2D eigenvalue weighted by Gasteiger charge is 2.40. The Morgan fingerprint density at radius 2 is 1.87 bits per heavy atom. The number of urea groups is 1. The first-order valence-corrected chi connectivity index (χ1v) is 8.94.